The van der Waals surface area contributed by atoms with Crippen LogP contribution in [-0.2, 0) is 14.6 Å². The van der Waals surface area contributed by atoms with E-state index in [1.54, 1.807) is 15.4 Å². The number of carbonyl (C=O) groups is 1. The summed E-state index contributed by atoms with van der Waals surface area (Å²) in [6.45, 7) is 5.78. The molecule has 1 unspecified atom stereocenters. The Hall–Kier alpha value is -2.73. The van der Waals surface area contributed by atoms with Crippen molar-refractivity contribution in [3.8, 4) is 5.69 Å². The first kappa shape index (κ1) is 21.5. The molecule has 1 atom stereocenters. The minimum Gasteiger partial charge on any atom is -0.310 e. The maximum Gasteiger partial charge on any atom is 0.235 e. The molecule has 4 rings (SSSR count). The van der Waals surface area contributed by atoms with E-state index in [0.29, 0.717) is 23.1 Å². The fourth-order valence-corrected chi connectivity index (χ4v) is 6.08. The van der Waals surface area contributed by atoms with Crippen LogP contribution in [0.5, 0.6) is 0 Å². The molecular weight excluding hydrogens is 438 g/mol. The summed E-state index contributed by atoms with van der Waals surface area (Å²) >= 11 is 1.23. The van der Waals surface area contributed by atoms with Crippen molar-refractivity contribution in [1.29, 1.82) is 0 Å². The largest absolute Gasteiger partial charge is 0.310 e. The number of nitrogens with one attached hydrogen (secondary N) is 1. The first-order valence-corrected chi connectivity index (χ1v) is 12.6. The number of hydrogen-bond acceptors (Lipinski definition) is 8. The molecule has 0 radical (unpaired) electrons. The molecule has 3 heterocycles. The second-order valence-electron chi connectivity index (χ2n) is 7.62. The lowest BCUT2D eigenvalue weighted by molar-refractivity contribution is -0.113. The fourth-order valence-electron chi connectivity index (χ4n) is 3.71. The smallest absolute Gasteiger partial charge is 0.235 e. The number of rotatable bonds is 6. The SMILES string of the molecule is Cc1cc(NC(=O)CSc2nnnn2-c2c(C)cccc2C)n(C2CCS(=O)(=O)C2)n1. The van der Waals surface area contributed by atoms with Gasteiger partial charge in [0.2, 0.25) is 11.1 Å². The maximum atomic E-state index is 12.6. The highest BCUT2D eigenvalue weighted by Crippen LogP contribution is 2.28. The van der Waals surface area contributed by atoms with Gasteiger partial charge < -0.3 is 5.32 Å². The number of aromatic nitrogens is 6. The number of thioether (sulfide) groups is 1. The van der Waals surface area contributed by atoms with Gasteiger partial charge in [-0.15, -0.1) is 5.10 Å². The molecule has 0 aliphatic carbocycles. The average molecular weight is 462 g/mol. The van der Waals surface area contributed by atoms with Crippen LogP contribution in [0.3, 0.4) is 0 Å². The third-order valence-corrected chi connectivity index (χ3v) is 7.77. The van der Waals surface area contributed by atoms with E-state index >= 15 is 0 Å². The predicted molar refractivity (Wildman–Crippen MR) is 117 cm³/mol. The Morgan fingerprint density at radius 3 is 2.68 bits per heavy atom. The Balaban J connectivity index is 1.46. The van der Waals surface area contributed by atoms with Gasteiger partial charge in [-0.05, 0) is 48.7 Å². The molecule has 31 heavy (non-hydrogen) atoms. The van der Waals surface area contributed by atoms with Gasteiger partial charge in [-0.25, -0.2) is 13.1 Å². The molecule has 1 saturated heterocycles. The van der Waals surface area contributed by atoms with Crippen LogP contribution in [0.2, 0.25) is 0 Å². The lowest BCUT2D eigenvalue weighted by atomic mass is 10.1. The molecule has 0 spiro atoms. The van der Waals surface area contributed by atoms with Crippen molar-refractivity contribution in [2.75, 3.05) is 22.6 Å². The Morgan fingerprint density at radius 1 is 1.26 bits per heavy atom. The lowest BCUT2D eigenvalue weighted by Gasteiger charge is -2.14. The van der Waals surface area contributed by atoms with Crippen molar-refractivity contribution < 1.29 is 13.2 Å². The summed E-state index contributed by atoms with van der Waals surface area (Å²) in [6.07, 6.45) is 0.492. The summed E-state index contributed by atoms with van der Waals surface area (Å²) in [5.41, 5.74) is 3.67. The third kappa shape index (κ3) is 4.64. The minimum absolute atomic E-state index is 0.0380. The second kappa shape index (κ2) is 8.42. The Labute approximate surface area is 184 Å². The number of benzene rings is 1. The Kier molecular flexibility index (Phi) is 5.84. The molecule has 1 aromatic carbocycles. The number of aryl methyl sites for hydroxylation is 3. The molecule has 1 fully saturated rings. The number of para-hydroxylation sites is 1. The highest BCUT2D eigenvalue weighted by molar-refractivity contribution is 7.99. The van der Waals surface area contributed by atoms with Crippen molar-refractivity contribution in [2.45, 2.75) is 38.4 Å². The first-order chi connectivity index (χ1) is 14.7. The van der Waals surface area contributed by atoms with Crippen molar-refractivity contribution in [1.82, 2.24) is 30.0 Å². The lowest BCUT2D eigenvalue weighted by Crippen LogP contribution is -2.21. The summed E-state index contributed by atoms with van der Waals surface area (Å²) in [5, 5.41) is 19.7. The number of anilines is 1. The van der Waals surface area contributed by atoms with E-state index in [2.05, 4.69) is 25.9 Å². The second-order valence-corrected chi connectivity index (χ2v) is 10.8. The van der Waals surface area contributed by atoms with Gasteiger partial charge in [-0.2, -0.15) is 9.78 Å². The summed E-state index contributed by atoms with van der Waals surface area (Å²) in [6, 6.07) is 7.42. The molecule has 10 nitrogen and oxygen atoms in total. The molecule has 1 amide bonds. The van der Waals surface area contributed by atoms with Gasteiger partial charge >= 0.3 is 0 Å². The van der Waals surface area contributed by atoms with E-state index in [1.165, 1.54) is 11.8 Å². The van der Waals surface area contributed by atoms with Gasteiger partial charge in [-0.3, -0.25) is 4.79 Å². The molecule has 2 aromatic heterocycles. The molecule has 0 bridgehead atoms. The molecule has 1 aliphatic heterocycles. The van der Waals surface area contributed by atoms with Crippen LogP contribution < -0.4 is 5.32 Å². The number of nitrogens with zero attached hydrogens (tertiary/aromatic N) is 6. The van der Waals surface area contributed by atoms with Crippen LogP contribution in [0.25, 0.3) is 5.69 Å². The van der Waals surface area contributed by atoms with Crippen LogP contribution in [-0.4, -0.2) is 61.6 Å². The number of sulfone groups is 1. The quantitative estimate of drug-likeness (QED) is 0.552. The molecule has 1 N–H and O–H groups in total. The zero-order valence-electron chi connectivity index (χ0n) is 17.4. The van der Waals surface area contributed by atoms with Crippen molar-refractivity contribution in [3.05, 3.63) is 41.1 Å². The number of hydrogen-bond donors (Lipinski definition) is 1. The van der Waals surface area contributed by atoms with E-state index in [1.807, 2.05) is 39.0 Å². The third-order valence-electron chi connectivity index (χ3n) is 5.10. The molecule has 12 heteroatoms. The molecular formula is C19H23N7O3S2. The van der Waals surface area contributed by atoms with E-state index in [9.17, 15) is 13.2 Å². The van der Waals surface area contributed by atoms with Gasteiger partial charge in [0.25, 0.3) is 0 Å². The Morgan fingerprint density at radius 2 is 2.00 bits per heavy atom. The standard InChI is InChI=1S/C19H23N7O3S2/c1-12-5-4-6-13(2)18(12)26-19(21-23-24-26)30-10-17(27)20-16-9-14(3)22-25(16)15-7-8-31(28,29)11-15/h4-6,9,15H,7-8,10-11H2,1-3H3,(H,20,27). The summed E-state index contributed by atoms with van der Waals surface area (Å²) < 4.78 is 26.9. The molecule has 3 aromatic rings. The number of carbonyl (C=O) groups excluding carboxylic acids is 1. The molecule has 1 aliphatic rings. The predicted octanol–water partition coefficient (Wildman–Crippen LogP) is 1.87. The summed E-state index contributed by atoms with van der Waals surface area (Å²) in [5.74, 6) is 0.526. The zero-order chi connectivity index (χ0) is 22.2. The van der Waals surface area contributed by atoms with Crippen molar-refractivity contribution in [3.63, 3.8) is 0 Å². The minimum atomic E-state index is -3.06. The van der Waals surface area contributed by atoms with E-state index in [-0.39, 0.29) is 29.2 Å². The number of amides is 1. The van der Waals surface area contributed by atoms with Gasteiger partial charge in [0, 0.05) is 6.07 Å². The number of tetrazole rings is 1. The van der Waals surface area contributed by atoms with Gasteiger partial charge in [0.15, 0.2) is 9.84 Å². The highest BCUT2D eigenvalue weighted by atomic mass is 32.2. The zero-order valence-corrected chi connectivity index (χ0v) is 19.1. The van der Waals surface area contributed by atoms with E-state index in [0.717, 1.165) is 16.8 Å². The molecule has 0 saturated carbocycles. The van der Waals surface area contributed by atoms with Crippen LogP contribution >= 0.6 is 11.8 Å². The fraction of sp³-hybridized carbons (Fsp3) is 0.421. The van der Waals surface area contributed by atoms with E-state index < -0.39 is 9.84 Å². The van der Waals surface area contributed by atoms with Crippen LogP contribution in [0.15, 0.2) is 29.4 Å². The van der Waals surface area contributed by atoms with Crippen LogP contribution in [0.4, 0.5) is 5.82 Å². The van der Waals surface area contributed by atoms with Gasteiger partial charge in [-0.1, -0.05) is 30.0 Å². The average Bonchev–Trinajstić information content (AvgIpc) is 3.39. The maximum absolute atomic E-state index is 12.6. The summed E-state index contributed by atoms with van der Waals surface area (Å²) in [4.78, 5) is 12.6. The van der Waals surface area contributed by atoms with Crippen molar-refractivity contribution >= 4 is 33.3 Å². The topological polar surface area (TPSA) is 125 Å². The highest BCUT2D eigenvalue weighted by Gasteiger charge is 2.31. The van der Waals surface area contributed by atoms with Crippen molar-refractivity contribution in [2.24, 2.45) is 0 Å². The van der Waals surface area contributed by atoms with Gasteiger partial charge in [0.05, 0.1) is 34.7 Å². The first-order valence-electron chi connectivity index (χ1n) is 9.78. The van der Waals surface area contributed by atoms with Crippen LogP contribution in [0.1, 0.15) is 29.3 Å². The van der Waals surface area contributed by atoms with E-state index in [4.69, 9.17) is 0 Å². The summed E-state index contributed by atoms with van der Waals surface area (Å²) in [7, 11) is -3.06. The normalized spacial score (nSPS) is 17.7. The monoisotopic (exact) mass is 461 g/mol. The Bertz CT molecular complexity index is 1210. The molecule has 164 valence electrons. The van der Waals surface area contributed by atoms with Gasteiger partial charge in [0.1, 0.15) is 5.82 Å². The van der Waals surface area contributed by atoms with Crippen LogP contribution in [0, 0.1) is 20.8 Å².